The molecule has 0 saturated carbocycles. The van der Waals surface area contributed by atoms with E-state index in [0.29, 0.717) is 5.56 Å². The zero-order valence-corrected chi connectivity index (χ0v) is 8.06. The lowest BCUT2D eigenvalue weighted by molar-refractivity contribution is 0.320. The Bertz CT molecular complexity index is 363. The number of rotatable bonds is 1. The normalized spacial score (nSPS) is 11.8. The van der Waals surface area contributed by atoms with E-state index in [0.717, 1.165) is 5.56 Å². The van der Waals surface area contributed by atoms with Gasteiger partial charge in [0, 0.05) is 0 Å². The van der Waals surface area contributed by atoms with Crippen LogP contribution in [0.25, 0.3) is 0 Å². The fourth-order valence-corrected chi connectivity index (χ4v) is 1.14. The monoisotopic (exact) mass is 201 g/mol. The van der Waals surface area contributed by atoms with Crippen LogP contribution in [0.5, 0.6) is 0 Å². The van der Waals surface area contributed by atoms with Crippen molar-refractivity contribution < 1.29 is 9.60 Å². The smallest absolute Gasteiger partial charge is 0.178 e. The summed E-state index contributed by atoms with van der Waals surface area (Å²) in [5.74, 6) is -0.442. The van der Waals surface area contributed by atoms with Crippen LogP contribution in [0.2, 0.25) is 0 Å². The fourth-order valence-electron chi connectivity index (χ4n) is 0.995. The third-order valence-electron chi connectivity index (χ3n) is 1.97. The van der Waals surface area contributed by atoms with Gasteiger partial charge in [-0.05, 0) is 31.0 Å². The molecule has 4 heteroatoms. The number of aryl methyl sites for hydroxylation is 1. The molecule has 0 aromatic heterocycles. The van der Waals surface area contributed by atoms with E-state index in [9.17, 15) is 4.39 Å². The van der Waals surface area contributed by atoms with E-state index >= 15 is 0 Å². The molecule has 0 saturated heterocycles. The molecule has 0 amide bonds. The summed E-state index contributed by atoms with van der Waals surface area (Å²) in [6.07, 6.45) is 0. The second kappa shape index (κ2) is 3.75. The summed E-state index contributed by atoms with van der Waals surface area (Å²) >= 11 is 5.48. The molecule has 0 aliphatic heterocycles. The lowest BCUT2D eigenvalue weighted by Crippen LogP contribution is -1.99. The summed E-state index contributed by atoms with van der Waals surface area (Å²) in [4.78, 5) is 0. The van der Waals surface area contributed by atoms with Gasteiger partial charge in [0.05, 0.1) is 5.56 Å². The highest BCUT2D eigenvalue weighted by atomic mass is 35.5. The van der Waals surface area contributed by atoms with Gasteiger partial charge in [-0.1, -0.05) is 22.8 Å². The molecule has 0 spiro atoms. The Morgan fingerprint density at radius 3 is 2.62 bits per heavy atom. The maximum Gasteiger partial charge on any atom is 0.178 e. The van der Waals surface area contributed by atoms with Crippen LogP contribution in [-0.2, 0) is 0 Å². The Kier molecular flexibility index (Phi) is 2.88. The number of hydrogen-bond acceptors (Lipinski definition) is 2. The third kappa shape index (κ3) is 1.80. The highest BCUT2D eigenvalue weighted by Crippen LogP contribution is 2.18. The fraction of sp³-hybridized carbons (Fsp3) is 0.222. The van der Waals surface area contributed by atoms with E-state index < -0.39 is 5.82 Å². The number of hydrogen-bond donors (Lipinski definition) is 1. The third-order valence-corrected chi connectivity index (χ3v) is 2.25. The highest BCUT2D eigenvalue weighted by molar-refractivity contribution is 6.69. The van der Waals surface area contributed by atoms with Crippen molar-refractivity contribution in [3.63, 3.8) is 0 Å². The lowest BCUT2D eigenvalue weighted by Gasteiger charge is -2.05. The molecule has 1 aromatic carbocycles. The largest absolute Gasteiger partial charge is 0.410 e. The summed E-state index contributed by atoms with van der Waals surface area (Å²) in [6.45, 7) is 3.45. The van der Waals surface area contributed by atoms with E-state index in [-0.39, 0.29) is 10.7 Å². The van der Waals surface area contributed by atoms with Crippen molar-refractivity contribution in [1.29, 1.82) is 0 Å². The highest BCUT2D eigenvalue weighted by Gasteiger charge is 2.11. The van der Waals surface area contributed by atoms with Crippen LogP contribution in [-0.4, -0.2) is 10.4 Å². The zero-order chi connectivity index (χ0) is 10.0. The van der Waals surface area contributed by atoms with Gasteiger partial charge in [0.25, 0.3) is 0 Å². The molecule has 0 aliphatic rings. The maximum absolute atomic E-state index is 13.4. The molecular formula is C9H9ClFNO. The van der Waals surface area contributed by atoms with Gasteiger partial charge in [-0.2, -0.15) is 0 Å². The summed E-state index contributed by atoms with van der Waals surface area (Å²) in [5, 5.41) is 10.9. The minimum absolute atomic E-state index is 0.118. The number of oxime groups is 1. The Morgan fingerprint density at radius 1 is 1.46 bits per heavy atom. The Balaban J connectivity index is 3.34. The molecule has 0 unspecified atom stereocenters. The van der Waals surface area contributed by atoms with Crippen molar-refractivity contribution in [1.82, 2.24) is 0 Å². The van der Waals surface area contributed by atoms with Crippen molar-refractivity contribution in [2.75, 3.05) is 0 Å². The van der Waals surface area contributed by atoms with Crippen molar-refractivity contribution in [3.05, 3.63) is 34.6 Å². The molecule has 0 fully saturated rings. The molecular weight excluding hydrogens is 193 g/mol. The summed E-state index contributed by atoms with van der Waals surface area (Å²) in [6, 6.07) is 3.21. The number of halogens is 2. The SMILES string of the molecule is Cc1ccc(/C(Cl)=N/O)c(F)c1C. The van der Waals surface area contributed by atoms with E-state index in [1.807, 2.05) is 0 Å². The van der Waals surface area contributed by atoms with E-state index in [2.05, 4.69) is 5.16 Å². The summed E-state index contributed by atoms with van der Waals surface area (Å²) < 4.78 is 13.4. The van der Waals surface area contributed by atoms with Gasteiger partial charge in [0.1, 0.15) is 5.82 Å². The summed E-state index contributed by atoms with van der Waals surface area (Å²) in [7, 11) is 0. The first-order valence-electron chi connectivity index (χ1n) is 3.71. The van der Waals surface area contributed by atoms with E-state index in [1.165, 1.54) is 6.07 Å². The Hall–Kier alpha value is -1.09. The first-order chi connectivity index (χ1) is 6.07. The molecule has 0 radical (unpaired) electrons. The van der Waals surface area contributed by atoms with Crippen LogP contribution < -0.4 is 0 Å². The predicted octanol–water partition coefficient (Wildman–Crippen LogP) is 2.82. The number of nitrogens with zero attached hydrogens (tertiary/aromatic N) is 1. The van der Waals surface area contributed by atoms with Gasteiger partial charge < -0.3 is 5.21 Å². The van der Waals surface area contributed by atoms with Gasteiger partial charge in [-0.3, -0.25) is 0 Å². The molecule has 13 heavy (non-hydrogen) atoms. The van der Waals surface area contributed by atoms with Crippen LogP contribution in [0, 0.1) is 19.7 Å². The van der Waals surface area contributed by atoms with Crippen LogP contribution in [0.4, 0.5) is 4.39 Å². The average Bonchev–Trinajstić information content (AvgIpc) is 2.13. The second-order valence-electron chi connectivity index (χ2n) is 2.76. The van der Waals surface area contributed by atoms with Crippen molar-refractivity contribution >= 4 is 16.8 Å². The molecule has 70 valence electrons. The Labute approximate surface area is 80.6 Å². The van der Waals surface area contributed by atoms with Gasteiger partial charge >= 0.3 is 0 Å². The van der Waals surface area contributed by atoms with Crippen LogP contribution in [0.1, 0.15) is 16.7 Å². The molecule has 0 bridgehead atoms. The second-order valence-corrected chi connectivity index (χ2v) is 3.12. The summed E-state index contributed by atoms with van der Waals surface area (Å²) in [5.41, 5.74) is 1.47. The van der Waals surface area contributed by atoms with Crippen LogP contribution in [0.3, 0.4) is 0 Å². The van der Waals surface area contributed by atoms with Gasteiger partial charge in [0.15, 0.2) is 5.17 Å². The molecule has 2 nitrogen and oxygen atoms in total. The van der Waals surface area contributed by atoms with Gasteiger partial charge in [-0.25, -0.2) is 4.39 Å². The van der Waals surface area contributed by atoms with Crippen molar-refractivity contribution in [2.24, 2.45) is 5.16 Å². The van der Waals surface area contributed by atoms with Crippen molar-refractivity contribution in [3.8, 4) is 0 Å². The van der Waals surface area contributed by atoms with Crippen molar-refractivity contribution in [2.45, 2.75) is 13.8 Å². The first kappa shape index (κ1) is 9.99. The lowest BCUT2D eigenvalue weighted by atomic mass is 10.1. The van der Waals surface area contributed by atoms with Gasteiger partial charge in [0.2, 0.25) is 0 Å². The van der Waals surface area contributed by atoms with Crippen LogP contribution in [0.15, 0.2) is 17.3 Å². The molecule has 0 aliphatic carbocycles. The van der Waals surface area contributed by atoms with Crippen LogP contribution >= 0.6 is 11.6 Å². The predicted molar refractivity (Wildman–Crippen MR) is 50.1 cm³/mol. The standard InChI is InChI=1S/C9H9ClFNO/c1-5-3-4-7(9(10)12-13)8(11)6(5)2/h3-4,13H,1-2H3/b12-9-. The quantitative estimate of drug-likeness (QED) is 0.423. The molecule has 0 heterocycles. The minimum Gasteiger partial charge on any atom is -0.410 e. The first-order valence-corrected chi connectivity index (χ1v) is 4.09. The van der Waals surface area contributed by atoms with E-state index in [1.54, 1.807) is 19.9 Å². The molecule has 1 aromatic rings. The molecule has 1 N–H and O–H groups in total. The maximum atomic E-state index is 13.4. The topological polar surface area (TPSA) is 32.6 Å². The average molecular weight is 202 g/mol. The Morgan fingerprint density at radius 2 is 2.08 bits per heavy atom. The zero-order valence-electron chi connectivity index (χ0n) is 7.31. The number of benzene rings is 1. The molecule has 1 rings (SSSR count). The minimum atomic E-state index is -0.442. The molecule has 0 atom stereocenters. The van der Waals surface area contributed by atoms with E-state index in [4.69, 9.17) is 16.8 Å². The van der Waals surface area contributed by atoms with Gasteiger partial charge in [-0.15, -0.1) is 0 Å².